The van der Waals surface area contributed by atoms with Gasteiger partial charge in [0, 0.05) is 57.3 Å². The molecule has 0 spiro atoms. The lowest BCUT2D eigenvalue weighted by molar-refractivity contribution is 0.122. The number of fused-ring (bicyclic) bond motifs is 3. The Kier molecular flexibility index (Phi) is 4.50. The number of nitrogens with zero attached hydrogens (tertiary/aromatic N) is 4. The van der Waals surface area contributed by atoms with E-state index in [0.29, 0.717) is 12.1 Å². The third kappa shape index (κ3) is 3.05. The van der Waals surface area contributed by atoms with E-state index >= 15 is 0 Å². The number of morpholine rings is 1. The maximum atomic E-state index is 6.09. The van der Waals surface area contributed by atoms with E-state index in [2.05, 4.69) is 34.6 Å². The molecule has 1 aromatic rings. The number of aromatic nitrogens is 1. The SMILES string of the molecule is CC(C)N1CCN2c3ncc(N4CCOCC4)cc3OCCC2C1. The van der Waals surface area contributed by atoms with Crippen molar-refractivity contribution >= 4 is 11.5 Å². The molecule has 24 heavy (non-hydrogen) atoms. The summed E-state index contributed by atoms with van der Waals surface area (Å²) >= 11 is 0. The monoisotopic (exact) mass is 332 g/mol. The van der Waals surface area contributed by atoms with Gasteiger partial charge < -0.3 is 19.3 Å². The Labute approximate surface area is 144 Å². The second kappa shape index (κ2) is 6.76. The molecule has 3 aliphatic heterocycles. The van der Waals surface area contributed by atoms with Crippen molar-refractivity contribution in [1.82, 2.24) is 9.88 Å². The molecule has 6 heteroatoms. The molecule has 4 rings (SSSR count). The van der Waals surface area contributed by atoms with Gasteiger partial charge in [-0.25, -0.2) is 4.98 Å². The summed E-state index contributed by atoms with van der Waals surface area (Å²) in [6.45, 7) is 12.0. The predicted octanol–water partition coefficient (Wildman–Crippen LogP) is 1.60. The topological polar surface area (TPSA) is 41.1 Å². The summed E-state index contributed by atoms with van der Waals surface area (Å²) in [4.78, 5) is 12.2. The van der Waals surface area contributed by atoms with Crippen molar-refractivity contribution in [2.24, 2.45) is 0 Å². The zero-order chi connectivity index (χ0) is 16.5. The molecule has 0 saturated carbocycles. The van der Waals surface area contributed by atoms with Crippen molar-refractivity contribution in [3.05, 3.63) is 12.3 Å². The molecular weight excluding hydrogens is 304 g/mol. The Balaban J connectivity index is 1.56. The van der Waals surface area contributed by atoms with E-state index in [-0.39, 0.29) is 0 Å². The van der Waals surface area contributed by atoms with Gasteiger partial charge in [0.25, 0.3) is 0 Å². The van der Waals surface area contributed by atoms with Crippen molar-refractivity contribution in [3.63, 3.8) is 0 Å². The van der Waals surface area contributed by atoms with Crippen molar-refractivity contribution in [2.75, 3.05) is 62.3 Å². The highest BCUT2D eigenvalue weighted by Crippen LogP contribution is 2.35. The smallest absolute Gasteiger partial charge is 0.171 e. The van der Waals surface area contributed by atoms with E-state index in [1.54, 1.807) is 0 Å². The first-order valence-corrected chi connectivity index (χ1v) is 9.18. The van der Waals surface area contributed by atoms with Crippen LogP contribution in [-0.4, -0.2) is 74.5 Å². The van der Waals surface area contributed by atoms with E-state index in [1.807, 2.05) is 6.20 Å². The number of hydrogen-bond donors (Lipinski definition) is 0. The highest BCUT2D eigenvalue weighted by molar-refractivity contribution is 5.61. The maximum Gasteiger partial charge on any atom is 0.171 e. The first kappa shape index (κ1) is 16.0. The maximum absolute atomic E-state index is 6.09. The standard InChI is InChI=1S/C18H28N4O2/c1-14(2)21-4-5-22-15(13-21)3-8-24-17-11-16(12-19-18(17)22)20-6-9-23-10-7-20/h11-12,14-15H,3-10,13H2,1-2H3. The van der Waals surface area contributed by atoms with Crippen LogP contribution in [0.1, 0.15) is 20.3 Å². The third-order valence-corrected chi connectivity index (χ3v) is 5.42. The molecule has 132 valence electrons. The number of piperazine rings is 1. The van der Waals surface area contributed by atoms with E-state index < -0.39 is 0 Å². The van der Waals surface area contributed by atoms with Crippen LogP contribution in [0.5, 0.6) is 5.75 Å². The molecule has 2 fully saturated rings. The molecule has 3 aliphatic rings. The minimum Gasteiger partial charge on any atom is -0.490 e. The second-order valence-corrected chi connectivity index (χ2v) is 7.19. The Morgan fingerprint density at radius 3 is 2.75 bits per heavy atom. The number of anilines is 2. The second-order valence-electron chi connectivity index (χ2n) is 7.19. The van der Waals surface area contributed by atoms with Crippen molar-refractivity contribution < 1.29 is 9.47 Å². The van der Waals surface area contributed by atoms with E-state index in [0.717, 1.165) is 76.2 Å². The van der Waals surface area contributed by atoms with E-state index in [4.69, 9.17) is 14.5 Å². The van der Waals surface area contributed by atoms with E-state index in [1.165, 1.54) is 0 Å². The van der Waals surface area contributed by atoms with Gasteiger partial charge in [-0.2, -0.15) is 0 Å². The quantitative estimate of drug-likeness (QED) is 0.819. The third-order valence-electron chi connectivity index (χ3n) is 5.42. The molecule has 1 aromatic heterocycles. The van der Waals surface area contributed by atoms with Crippen LogP contribution in [0.3, 0.4) is 0 Å². The van der Waals surface area contributed by atoms with Crippen LogP contribution in [0.4, 0.5) is 11.5 Å². The first-order chi connectivity index (χ1) is 11.7. The summed E-state index contributed by atoms with van der Waals surface area (Å²) in [7, 11) is 0. The van der Waals surface area contributed by atoms with Crippen LogP contribution < -0.4 is 14.5 Å². The van der Waals surface area contributed by atoms with Crippen LogP contribution in [-0.2, 0) is 4.74 Å². The number of ether oxygens (including phenoxy) is 2. The lowest BCUT2D eigenvalue weighted by Gasteiger charge is -2.42. The van der Waals surface area contributed by atoms with Gasteiger partial charge in [-0.15, -0.1) is 0 Å². The van der Waals surface area contributed by atoms with Crippen LogP contribution >= 0.6 is 0 Å². The lowest BCUT2D eigenvalue weighted by Crippen LogP contribution is -2.55. The van der Waals surface area contributed by atoms with Gasteiger partial charge in [0.1, 0.15) is 0 Å². The Morgan fingerprint density at radius 1 is 1.12 bits per heavy atom. The Hall–Kier alpha value is -1.53. The molecule has 0 aliphatic carbocycles. The van der Waals surface area contributed by atoms with Gasteiger partial charge in [-0.05, 0) is 13.8 Å². The number of hydrogen-bond acceptors (Lipinski definition) is 6. The largest absolute Gasteiger partial charge is 0.490 e. The highest BCUT2D eigenvalue weighted by Gasteiger charge is 2.33. The molecule has 0 N–H and O–H groups in total. The predicted molar refractivity (Wildman–Crippen MR) is 95.2 cm³/mol. The van der Waals surface area contributed by atoms with Crippen molar-refractivity contribution in [3.8, 4) is 5.75 Å². The van der Waals surface area contributed by atoms with Crippen LogP contribution in [0.15, 0.2) is 12.3 Å². The molecular formula is C18H28N4O2. The Bertz CT molecular complexity index is 574. The first-order valence-electron chi connectivity index (χ1n) is 9.18. The molecule has 4 heterocycles. The molecule has 1 atom stereocenters. The zero-order valence-corrected chi connectivity index (χ0v) is 14.8. The number of rotatable bonds is 2. The molecule has 2 saturated heterocycles. The minimum absolute atomic E-state index is 0.504. The van der Waals surface area contributed by atoms with Gasteiger partial charge in [0.2, 0.25) is 0 Å². The van der Waals surface area contributed by atoms with Crippen molar-refractivity contribution in [1.29, 1.82) is 0 Å². The van der Waals surface area contributed by atoms with Gasteiger partial charge in [0.15, 0.2) is 11.6 Å². The van der Waals surface area contributed by atoms with Crippen molar-refractivity contribution in [2.45, 2.75) is 32.4 Å². The summed E-state index contributed by atoms with van der Waals surface area (Å²) in [5, 5.41) is 0. The highest BCUT2D eigenvalue weighted by atomic mass is 16.5. The molecule has 0 aromatic carbocycles. The van der Waals surface area contributed by atoms with E-state index in [9.17, 15) is 0 Å². The fraction of sp³-hybridized carbons (Fsp3) is 0.722. The van der Waals surface area contributed by atoms with Gasteiger partial charge in [-0.1, -0.05) is 0 Å². The zero-order valence-electron chi connectivity index (χ0n) is 14.8. The normalized spacial score (nSPS) is 25.0. The summed E-state index contributed by atoms with van der Waals surface area (Å²) in [5.74, 6) is 1.97. The Morgan fingerprint density at radius 2 is 1.96 bits per heavy atom. The fourth-order valence-electron chi connectivity index (χ4n) is 3.92. The van der Waals surface area contributed by atoms with Crippen LogP contribution in [0.2, 0.25) is 0 Å². The van der Waals surface area contributed by atoms with Gasteiger partial charge >= 0.3 is 0 Å². The minimum atomic E-state index is 0.504. The summed E-state index contributed by atoms with van der Waals surface area (Å²) in [6.07, 6.45) is 3.07. The molecule has 6 nitrogen and oxygen atoms in total. The van der Waals surface area contributed by atoms with Gasteiger partial charge in [0.05, 0.1) is 31.7 Å². The lowest BCUT2D eigenvalue weighted by atomic mass is 10.1. The molecule has 0 radical (unpaired) electrons. The summed E-state index contributed by atoms with van der Waals surface area (Å²) < 4.78 is 11.5. The summed E-state index contributed by atoms with van der Waals surface area (Å²) in [5.41, 5.74) is 1.15. The molecule has 0 bridgehead atoms. The van der Waals surface area contributed by atoms with Crippen LogP contribution in [0, 0.1) is 0 Å². The van der Waals surface area contributed by atoms with Crippen LogP contribution in [0.25, 0.3) is 0 Å². The average molecular weight is 332 g/mol. The summed E-state index contributed by atoms with van der Waals surface area (Å²) in [6, 6.07) is 3.28. The molecule has 0 amide bonds. The fourth-order valence-corrected chi connectivity index (χ4v) is 3.92. The molecule has 1 unspecified atom stereocenters. The van der Waals surface area contributed by atoms with Gasteiger partial charge in [-0.3, -0.25) is 4.90 Å². The average Bonchev–Trinajstić information content (AvgIpc) is 2.80. The number of pyridine rings is 1.